The number of ether oxygens (including phenoxy) is 1. The molecule has 1 N–H and O–H groups in total. The summed E-state index contributed by atoms with van der Waals surface area (Å²) in [6.07, 6.45) is 1.63. The first kappa shape index (κ1) is 13.9. The van der Waals surface area contributed by atoms with Crippen molar-refractivity contribution in [3.05, 3.63) is 47.0 Å². The highest BCUT2D eigenvalue weighted by Gasteiger charge is 2.07. The predicted octanol–water partition coefficient (Wildman–Crippen LogP) is 2.76. The van der Waals surface area contributed by atoms with Crippen molar-refractivity contribution >= 4 is 11.6 Å². The number of nitrogens with one attached hydrogen (secondary N) is 1. The molecule has 1 aromatic carbocycles. The van der Waals surface area contributed by atoms with E-state index in [1.807, 2.05) is 29.8 Å². The van der Waals surface area contributed by atoms with Crippen molar-refractivity contribution in [3.8, 4) is 5.75 Å². The minimum Gasteiger partial charge on any atom is -0.485 e. The Morgan fingerprint density at radius 1 is 1.37 bits per heavy atom. The molecule has 0 saturated carbocycles. The highest BCUT2D eigenvalue weighted by molar-refractivity contribution is 6.29. The lowest BCUT2D eigenvalue weighted by atomic mass is 10.2. The quantitative estimate of drug-likeness (QED) is 0.884. The van der Waals surface area contributed by atoms with Crippen LogP contribution in [-0.2, 0) is 20.2 Å². The summed E-state index contributed by atoms with van der Waals surface area (Å²) < 4.78 is 7.65. The summed E-state index contributed by atoms with van der Waals surface area (Å²) in [7, 11) is 1.87. The van der Waals surface area contributed by atoms with Gasteiger partial charge in [0.1, 0.15) is 23.3 Å². The van der Waals surface area contributed by atoms with Crippen LogP contribution in [0.15, 0.2) is 30.5 Å². The van der Waals surface area contributed by atoms with Gasteiger partial charge in [0, 0.05) is 19.2 Å². The third kappa shape index (κ3) is 3.49. The zero-order valence-corrected chi connectivity index (χ0v) is 11.9. The van der Waals surface area contributed by atoms with Crippen LogP contribution in [0.5, 0.6) is 5.75 Å². The second kappa shape index (κ2) is 6.59. The summed E-state index contributed by atoms with van der Waals surface area (Å²) in [6, 6.07) is 8.01. The number of imidazole rings is 1. The van der Waals surface area contributed by atoms with E-state index < -0.39 is 0 Å². The molecule has 0 fully saturated rings. The van der Waals surface area contributed by atoms with Crippen LogP contribution in [0, 0.1) is 0 Å². The van der Waals surface area contributed by atoms with E-state index in [1.54, 1.807) is 6.20 Å². The molecule has 1 heterocycles. The number of aromatic nitrogens is 2. The Hall–Kier alpha value is -1.52. The molecule has 0 unspecified atom stereocenters. The molecule has 19 heavy (non-hydrogen) atoms. The SMILES string of the molecule is CCNCc1ccccc1OCc1ncc(Cl)n1C. The van der Waals surface area contributed by atoms with Gasteiger partial charge < -0.3 is 14.6 Å². The van der Waals surface area contributed by atoms with Gasteiger partial charge in [0.2, 0.25) is 0 Å². The second-order valence-electron chi connectivity index (χ2n) is 4.23. The van der Waals surface area contributed by atoms with E-state index in [-0.39, 0.29) is 0 Å². The van der Waals surface area contributed by atoms with E-state index >= 15 is 0 Å². The number of para-hydroxylation sites is 1. The Bertz CT molecular complexity index is 539. The highest BCUT2D eigenvalue weighted by Crippen LogP contribution is 2.19. The van der Waals surface area contributed by atoms with Gasteiger partial charge >= 0.3 is 0 Å². The first-order valence-electron chi connectivity index (χ1n) is 6.30. The first-order chi connectivity index (χ1) is 9.22. The summed E-state index contributed by atoms with van der Waals surface area (Å²) in [6.45, 7) is 4.23. The Labute approximate surface area is 118 Å². The highest BCUT2D eigenvalue weighted by atomic mass is 35.5. The van der Waals surface area contributed by atoms with Crippen LogP contribution >= 0.6 is 11.6 Å². The maximum atomic E-state index is 5.95. The van der Waals surface area contributed by atoms with Crippen molar-refractivity contribution in [2.75, 3.05) is 6.54 Å². The van der Waals surface area contributed by atoms with Gasteiger partial charge in [0.25, 0.3) is 0 Å². The van der Waals surface area contributed by atoms with Crippen LogP contribution in [0.25, 0.3) is 0 Å². The molecule has 1 aromatic heterocycles. The number of halogens is 1. The fraction of sp³-hybridized carbons (Fsp3) is 0.357. The zero-order valence-electron chi connectivity index (χ0n) is 11.2. The minimum absolute atomic E-state index is 0.409. The molecule has 0 bridgehead atoms. The standard InChI is InChI=1S/C14H18ClN3O/c1-3-16-8-11-6-4-5-7-12(11)19-10-14-17-9-13(15)18(14)2/h4-7,9,16H,3,8,10H2,1-2H3. The van der Waals surface area contributed by atoms with Crippen LogP contribution in [0.1, 0.15) is 18.3 Å². The maximum Gasteiger partial charge on any atom is 0.147 e. The van der Waals surface area contributed by atoms with Gasteiger partial charge in [0.15, 0.2) is 0 Å². The largest absolute Gasteiger partial charge is 0.485 e. The Kier molecular flexibility index (Phi) is 4.82. The molecule has 102 valence electrons. The first-order valence-corrected chi connectivity index (χ1v) is 6.67. The van der Waals surface area contributed by atoms with Crippen molar-refractivity contribution in [1.29, 1.82) is 0 Å². The lowest BCUT2D eigenvalue weighted by molar-refractivity contribution is 0.288. The van der Waals surface area contributed by atoms with Crippen LogP contribution in [0.4, 0.5) is 0 Å². The molecular weight excluding hydrogens is 262 g/mol. The van der Waals surface area contributed by atoms with Gasteiger partial charge in [-0.2, -0.15) is 0 Å². The Balaban J connectivity index is 2.04. The normalized spacial score (nSPS) is 10.7. The van der Waals surface area contributed by atoms with E-state index in [1.165, 1.54) is 0 Å². The number of nitrogens with zero attached hydrogens (tertiary/aromatic N) is 2. The van der Waals surface area contributed by atoms with Gasteiger partial charge in [0.05, 0.1) is 6.20 Å². The van der Waals surface area contributed by atoms with Gasteiger partial charge in [-0.05, 0) is 12.6 Å². The summed E-state index contributed by atoms with van der Waals surface area (Å²) in [5, 5.41) is 3.91. The molecule has 0 atom stereocenters. The molecule has 4 nitrogen and oxygen atoms in total. The van der Waals surface area contributed by atoms with Crippen LogP contribution in [0.2, 0.25) is 5.15 Å². The Morgan fingerprint density at radius 2 is 2.16 bits per heavy atom. The summed E-state index contributed by atoms with van der Waals surface area (Å²) >= 11 is 5.95. The number of benzene rings is 1. The average Bonchev–Trinajstić information content (AvgIpc) is 2.75. The molecule has 2 rings (SSSR count). The van der Waals surface area contributed by atoms with Crippen molar-refractivity contribution in [2.24, 2.45) is 7.05 Å². The second-order valence-corrected chi connectivity index (χ2v) is 4.62. The van der Waals surface area contributed by atoms with Crippen molar-refractivity contribution < 1.29 is 4.74 Å². The molecule has 0 amide bonds. The van der Waals surface area contributed by atoms with E-state index in [9.17, 15) is 0 Å². The molecule has 5 heteroatoms. The topological polar surface area (TPSA) is 39.1 Å². The van der Waals surface area contributed by atoms with E-state index in [4.69, 9.17) is 16.3 Å². The van der Waals surface area contributed by atoms with Crippen LogP contribution < -0.4 is 10.1 Å². The van der Waals surface area contributed by atoms with Crippen molar-refractivity contribution in [2.45, 2.75) is 20.1 Å². The molecular formula is C14H18ClN3O. The maximum absolute atomic E-state index is 5.95. The third-order valence-corrected chi connectivity index (χ3v) is 3.27. The number of rotatable bonds is 6. The van der Waals surface area contributed by atoms with Crippen molar-refractivity contribution in [3.63, 3.8) is 0 Å². The van der Waals surface area contributed by atoms with Gasteiger partial charge in [-0.3, -0.25) is 0 Å². The number of hydrogen-bond donors (Lipinski definition) is 1. The smallest absolute Gasteiger partial charge is 0.147 e. The third-order valence-electron chi connectivity index (χ3n) is 2.92. The minimum atomic E-state index is 0.409. The fourth-order valence-corrected chi connectivity index (χ4v) is 1.90. The monoisotopic (exact) mass is 279 g/mol. The van der Waals surface area contributed by atoms with Gasteiger partial charge in [-0.1, -0.05) is 36.7 Å². The van der Waals surface area contributed by atoms with Gasteiger partial charge in [-0.25, -0.2) is 4.98 Å². The molecule has 0 aliphatic heterocycles. The average molecular weight is 280 g/mol. The summed E-state index contributed by atoms with van der Waals surface area (Å²) in [5.74, 6) is 1.69. The summed E-state index contributed by atoms with van der Waals surface area (Å²) in [5.41, 5.74) is 1.14. The molecule has 0 aliphatic rings. The molecule has 0 radical (unpaired) electrons. The molecule has 0 spiro atoms. The van der Waals surface area contributed by atoms with E-state index in [0.717, 1.165) is 30.2 Å². The lowest BCUT2D eigenvalue weighted by Gasteiger charge is -2.11. The number of hydrogen-bond acceptors (Lipinski definition) is 3. The predicted molar refractivity (Wildman–Crippen MR) is 76.4 cm³/mol. The van der Waals surface area contributed by atoms with Crippen LogP contribution in [0.3, 0.4) is 0 Å². The lowest BCUT2D eigenvalue weighted by Crippen LogP contribution is -2.13. The van der Waals surface area contributed by atoms with Crippen LogP contribution in [-0.4, -0.2) is 16.1 Å². The molecule has 0 aliphatic carbocycles. The molecule has 2 aromatic rings. The fourth-order valence-electron chi connectivity index (χ4n) is 1.75. The summed E-state index contributed by atoms with van der Waals surface area (Å²) in [4.78, 5) is 4.21. The Morgan fingerprint density at radius 3 is 2.84 bits per heavy atom. The van der Waals surface area contributed by atoms with E-state index in [0.29, 0.717) is 11.8 Å². The van der Waals surface area contributed by atoms with Crippen molar-refractivity contribution in [1.82, 2.24) is 14.9 Å². The van der Waals surface area contributed by atoms with Gasteiger partial charge in [-0.15, -0.1) is 0 Å². The van der Waals surface area contributed by atoms with E-state index in [2.05, 4.69) is 23.3 Å². The molecule has 0 saturated heterocycles. The zero-order chi connectivity index (χ0) is 13.7.